The number of rotatable bonds is 3. The third-order valence-electron chi connectivity index (χ3n) is 3.14. The molecule has 0 bridgehead atoms. The van der Waals surface area contributed by atoms with Gasteiger partial charge in [-0.25, -0.2) is 0 Å². The Hall–Kier alpha value is -1.51. The zero-order valence-corrected chi connectivity index (χ0v) is 12.0. The van der Waals surface area contributed by atoms with Crippen molar-refractivity contribution < 1.29 is 9.84 Å². The quantitative estimate of drug-likeness (QED) is 0.872. The Morgan fingerprint density at radius 3 is 2.37 bits per heavy atom. The molecule has 0 saturated heterocycles. The van der Waals surface area contributed by atoms with Gasteiger partial charge in [-0.2, -0.15) is 0 Å². The number of aryl methyl sites for hydroxylation is 2. The van der Waals surface area contributed by atoms with Crippen LogP contribution in [-0.2, 0) is 0 Å². The highest BCUT2D eigenvalue weighted by atomic mass is 35.5. The van der Waals surface area contributed by atoms with Gasteiger partial charge in [0.15, 0.2) is 0 Å². The minimum Gasteiger partial charge on any atom is -0.456 e. The molecule has 0 radical (unpaired) electrons. The third kappa shape index (κ3) is 3.28. The fraction of sp³-hybridized carbons (Fsp3) is 0.250. The number of ether oxygens (including phenoxy) is 1. The van der Waals surface area contributed by atoms with E-state index in [1.807, 2.05) is 31.2 Å². The number of aliphatic hydroxyl groups is 1. The first-order valence-electron chi connectivity index (χ1n) is 6.20. The summed E-state index contributed by atoms with van der Waals surface area (Å²) in [4.78, 5) is 0. The van der Waals surface area contributed by atoms with E-state index in [1.54, 1.807) is 19.1 Å². The van der Waals surface area contributed by atoms with Crippen LogP contribution in [0.3, 0.4) is 0 Å². The molecular formula is C16H17ClO2. The summed E-state index contributed by atoms with van der Waals surface area (Å²) in [6, 6.07) is 11.2. The van der Waals surface area contributed by atoms with E-state index in [1.165, 1.54) is 11.1 Å². The molecule has 0 aromatic heterocycles. The summed E-state index contributed by atoms with van der Waals surface area (Å²) in [5.74, 6) is 1.35. The highest BCUT2D eigenvalue weighted by molar-refractivity contribution is 6.32. The lowest BCUT2D eigenvalue weighted by Gasteiger charge is -2.11. The van der Waals surface area contributed by atoms with Gasteiger partial charge in [0, 0.05) is 0 Å². The van der Waals surface area contributed by atoms with Gasteiger partial charge < -0.3 is 9.84 Å². The number of benzene rings is 2. The van der Waals surface area contributed by atoms with Crippen LogP contribution in [0.5, 0.6) is 11.5 Å². The molecule has 2 nitrogen and oxygen atoms in total. The van der Waals surface area contributed by atoms with Crippen molar-refractivity contribution in [1.29, 1.82) is 0 Å². The number of hydrogen-bond donors (Lipinski definition) is 1. The van der Waals surface area contributed by atoms with E-state index in [2.05, 4.69) is 6.92 Å². The number of halogens is 1. The van der Waals surface area contributed by atoms with Crippen molar-refractivity contribution in [1.82, 2.24) is 0 Å². The average Bonchev–Trinajstić information content (AvgIpc) is 2.36. The first kappa shape index (κ1) is 13.9. The zero-order chi connectivity index (χ0) is 14.0. The maximum Gasteiger partial charge on any atom is 0.146 e. The van der Waals surface area contributed by atoms with Gasteiger partial charge in [0.2, 0.25) is 0 Å². The lowest BCUT2D eigenvalue weighted by molar-refractivity contribution is 0.199. The standard InChI is InChI=1S/C16H17ClO2/c1-10-4-6-14(8-11(10)2)19-16-7-5-13(12(3)18)9-15(16)17/h4-9,12,18H,1-3H3/t12-/m1/s1. The van der Waals surface area contributed by atoms with Crippen LogP contribution in [0.2, 0.25) is 5.02 Å². The van der Waals surface area contributed by atoms with E-state index in [0.29, 0.717) is 10.8 Å². The molecule has 19 heavy (non-hydrogen) atoms. The SMILES string of the molecule is Cc1ccc(Oc2ccc([C@@H](C)O)cc2Cl)cc1C. The van der Waals surface area contributed by atoms with Crippen molar-refractivity contribution in [2.75, 3.05) is 0 Å². The van der Waals surface area contributed by atoms with Crippen molar-refractivity contribution in [3.05, 3.63) is 58.1 Å². The van der Waals surface area contributed by atoms with Gasteiger partial charge in [0.1, 0.15) is 11.5 Å². The second-order valence-corrected chi connectivity index (χ2v) is 5.12. The van der Waals surface area contributed by atoms with Crippen LogP contribution in [0.15, 0.2) is 36.4 Å². The minimum atomic E-state index is -0.534. The van der Waals surface area contributed by atoms with Crippen LogP contribution in [-0.4, -0.2) is 5.11 Å². The van der Waals surface area contributed by atoms with Gasteiger partial charge in [-0.15, -0.1) is 0 Å². The molecule has 0 aliphatic heterocycles. The van der Waals surface area contributed by atoms with E-state index in [-0.39, 0.29) is 0 Å². The Morgan fingerprint density at radius 2 is 1.79 bits per heavy atom. The fourth-order valence-electron chi connectivity index (χ4n) is 1.76. The lowest BCUT2D eigenvalue weighted by atomic mass is 10.1. The topological polar surface area (TPSA) is 29.5 Å². The van der Waals surface area contributed by atoms with E-state index in [4.69, 9.17) is 16.3 Å². The highest BCUT2D eigenvalue weighted by Gasteiger charge is 2.08. The van der Waals surface area contributed by atoms with Crippen molar-refractivity contribution in [3.63, 3.8) is 0 Å². The summed E-state index contributed by atoms with van der Waals surface area (Å²) in [6.07, 6.45) is -0.534. The molecule has 1 N–H and O–H groups in total. The summed E-state index contributed by atoms with van der Waals surface area (Å²) in [6.45, 7) is 5.80. The second-order valence-electron chi connectivity index (χ2n) is 4.71. The highest BCUT2D eigenvalue weighted by Crippen LogP contribution is 2.32. The predicted molar refractivity (Wildman–Crippen MR) is 78.1 cm³/mol. The second kappa shape index (κ2) is 5.64. The first-order chi connectivity index (χ1) is 8.97. The Bertz CT molecular complexity index is 591. The van der Waals surface area contributed by atoms with E-state index in [0.717, 1.165) is 11.3 Å². The molecule has 2 aromatic carbocycles. The first-order valence-corrected chi connectivity index (χ1v) is 6.58. The molecular weight excluding hydrogens is 260 g/mol. The van der Waals surface area contributed by atoms with Gasteiger partial charge in [-0.05, 0) is 61.7 Å². The monoisotopic (exact) mass is 276 g/mol. The molecule has 0 amide bonds. The van der Waals surface area contributed by atoms with Crippen LogP contribution < -0.4 is 4.74 Å². The molecule has 2 rings (SSSR count). The van der Waals surface area contributed by atoms with Gasteiger partial charge in [0.25, 0.3) is 0 Å². The molecule has 0 saturated carbocycles. The van der Waals surface area contributed by atoms with E-state index >= 15 is 0 Å². The van der Waals surface area contributed by atoms with Gasteiger partial charge in [-0.1, -0.05) is 23.7 Å². The van der Waals surface area contributed by atoms with Gasteiger partial charge in [-0.3, -0.25) is 0 Å². The smallest absolute Gasteiger partial charge is 0.146 e. The van der Waals surface area contributed by atoms with Crippen LogP contribution in [0.4, 0.5) is 0 Å². The van der Waals surface area contributed by atoms with Gasteiger partial charge in [0.05, 0.1) is 11.1 Å². The van der Waals surface area contributed by atoms with Crippen molar-refractivity contribution in [2.45, 2.75) is 26.9 Å². The summed E-state index contributed by atoms with van der Waals surface area (Å²) >= 11 is 6.16. The number of aliphatic hydroxyl groups excluding tert-OH is 1. The van der Waals surface area contributed by atoms with Crippen LogP contribution in [0, 0.1) is 13.8 Å². The summed E-state index contributed by atoms with van der Waals surface area (Å²) in [5, 5.41) is 9.99. The minimum absolute atomic E-state index is 0.497. The molecule has 100 valence electrons. The molecule has 0 aliphatic rings. The molecule has 1 atom stereocenters. The van der Waals surface area contributed by atoms with E-state index < -0.39 is 6.10 Å². The van der Waals surface area contributed by atoms with Crippen LogP contribution in [0.25, 0.3) is 0 Å². The molecule has 3 heteroatoms. The molecule has 2 aromatic rings. The molecule has 0 aliphatic carbocycles. The van der Waals surface area contributed by atoms with Crippen molar-refractivity contribution in [3.8, 4) is 11.5 Å². The summed E-state index contributed by atoms with van der Waals surface area (Å²) in [7, 11) is 0. The van der Waals surface area contributed by atoms with Gasteiger partial charge >= 0.3 is 0 Å². The normalized spacial score (nSPS) is 12.3. The van der Waals surface area contributed by atoms with E-state index in [9.17, 15) is 5.11 Å². The third-order valence-corrected chi connectivity index (χ3v) is 3.44. The Balaban J connectivity index is 2.25. The van der Waals surface area contributed by atoms with Crippen LogP contribution in [0.1, 0.15) is 29.7 Å². The molecule has 0 unspecified atom stereocenters. The summed E-state index contributed by atoms with van der Waals surface area (Å²) < 4.78 is 5.77. The maximum atomic E-state index is 9.50. The zero-order valence-electron chi connectivity index (χ0n) is 11.3. The molecule has 0 heterocycles. The molecule has 0 spiro atoms. The van der Waals surface area contributed by atoms with Crippen molar-refractivity contribution >= 4 is 11.6 Å². The summed E-state index contributed by atoms with van der Waals surface area (Å²) in [5.41, 5.74) is 3.18. The largest absolute Gasteiger partial charge is 0.456 e. The van der Waals surface area contributed by atoms with Crippen molar-refractivity contribution in [2.24, 2.45) is 0 Å². The molecule has 0 fully saturated rings. The number of hydrogen-bond acceptors (Lipinski definition) is 2. The predicted octanol–water partition coefficient (Wildman–Crippen LogP) is 4.80. The Morgan fingerprint density at radius 1 is 1.05 bits per heavy atom. The Kier molecular flexibility index (Phi) is 4.13. The Labute approximate surface area is 118 Å². The van der Waals surface area contributed by atoms with Crippen LogP contribution >= 0.6 is 11.6 Å². The maximum absolute atomic E-state index is 9.50. The fourth-order valence-corrected chi connectivity index (χ4v) is 1.99. The lowest BCUT2D eigenvalue weighted by Crippen LogP contribution is -1.92. The average molecular weight is 277 g/mol.